The molecule has 0 aliphatic carbocycles. The molecule has 0 saturated heterocycles. The molecule has 0 spiro atoms. The van der Waals surface area contributed by atoms with E-state index < -0.39 is 0 Å². The summed E-state index contributed by atoms with van der Waals surface area (Å²) in [6, 6.07) is 15.5. The van der Waals surface area contributed by atoms with Gasteiger partial charge in [0, 0.05) is 0 Å². The van der Waals surface area contributed by atoms with Gasteiger partial charge in [-0.25, -0.2) is 0 Å². The van der Waals surface area contributed by atoms with Gasteiger partial charge in [0.1, 0.15) is 0 Å². The Morgan fingerprint density at radius 1 is 1.00 bits per heavy atom. The molecule has 2 aromatic carbocycles. The molecule has 95 valence electrons. The molecule has 0 aromatic heterocycles. The van der Waals surface area contributed by atoms with Gasteiger partial charge in [-0.15, -0.1) is 0 Å². The standard InChI is InChI=1S/C18H23/c1-3-5-10-15(9-4-2)18-14-8-12-16-11-6-7-13-17(16)18/h6-8,11-15H,1,3-5,9-10H2,2H3. The first-order valence-corrected chi connectivity index (χ1v) is 7.13. The molecule has 0 N–H and O–H groups in total. The summed E-state index contributed by atoms with van der Waals surface area (Å²) < 4.78 is 0. The van der Waals surface area contributed by atoms with Crippen molar-refractivity contribution in [2.24, 2.45) is 0 Å². The van der Waals surface area contributed by atoms with Gasteiger partial charge < -0.3 is 0 Å². The van der Waals surface area contributed by atoms with E-state index in [9.17, 15) is 0 Å². The van der Waals surface area contributed by atoms with Crippen LogP contribution in [0.4, 0.5) is 0 Å². The predicted octanol–water partition coefficient (Wildman–Crippen LogP) is 5.73. The molecule has 0 nitrogen and oxygen atoms in total. The number of hydrogen-bond acceptors (Lipinski definition) is 0. The minimum atomic E-state index is 0.697. The van der Waals surface area contributed by atoms with Gasteiger partial charge >= 0.3 is 0 Å². The van der Waals surface area contributed by atoms with Crippen molar-refractivity contribution in [3.8, 4) is 0 Å². The van der Waals surface area contributed by atoms with Crippen LogP contribution < -0.4 is 0 Å². The molecule has 2 aromatic rings. The van der Waals surface area contributed by atoms with Gasteiger partial charge in [-0.3, -0.25) is 0 Å². The molecule has 1 unspecified atom stereocenters. The molecular weight excluding hydrogens is 216 g/mol. The van der Waals surface area contributed by atoms with Gasteiger partial charge in [-0.2, -0.15) is 0 Å². The lowest BCUT2D eigenvalue weighted by Gasteiger charge is -2.18. The van der Waals surface area contributed by atoms with Gasteiger partial charge in [0.25, 0.3) is 0 Å². The lowest BCUT2D eigenvalue weighted by atomic mass is 9.86. The number of benzene rings is 2. The van der Waals surface area contributed by atoms with Gasteiger partial charge in [0.2, 0.25) is 0 Å². The molecule has 1 radical (unpaired) electrons. The summed E-state index contributed by atoms with van der Waals surface area (Å²) in [7, 11) is 0. The highest BCUT2D eigenvalue weighted by Crippen LogP contribution is 2.32. The SMILES string of the molecule is [CH2]CCCC(CCC)c1cccc2ccccc12. The average molecular weight is 239 g/mol. The highest BCUT2D eigenvalue weighted by Gasteiger charge is 2.12. The lowest BCUT2D eigenvalue weighted by molar-refractivity contribution is 0.551. The fourth-order valence-electron chi connectivity index (χ4n) is 2.80. The topological polar surface area (TPSA) is 0 Å². The van der Waals surface area contributed by atoms with Gasteiger partial charge in [-0.1, -0.05) is 75.6 Å². The summed E-state index contributed by atoms with van der Waals surface area (Å²) in [6.07, 6.45) is 6.09. The Bertz CT molecular complexity index is 479. The van der Waals surface area contributed by atoms with Crippen molar-refractivity contribution in [1.29, 1.82) is 0 Å². The van der Waals surface area contributed by atoms with Crippen LogP contribution in [0.25, 0.3) is 10.8 Å². The van der Waals surface area contributed by atoms with Gasteiger partial charge in [0.05, 0.1) is 0 Å². The van der Waals surface area contributed by atoms with Crippen LogP contribution in [0.3, 0.4) is 0 Å². The van der Waals surface area contributed by atoms with Crippen LogP contribution in [0.2, 0.25) is 0 Å². The number of rotatable bonds is 6. The second kappa shape index (κ2) is 6.58. The zero-order valence-electron chi connectivity index (χ0n) is 11.4. The monoisotopic (exact) mass is 239 g/mol. The minimum absolute atomic E-state index is 0.697. The van der Waals surface area contributed by atoms with Crippen molar-refractivity contribution < 1.29 is 0 Å². The molecule has 0 fully saturated rings. The Kier molecular flexibility index (Phi) is 4.81. The summed E-state index contributed by atoms with van der Waals surface area (Å²) in [6.45, 7) is 6.25. The molecule has 0 saturated carbocycles. The van der Waals surface area contributed by atoms with E-state index in [1.54, 1.807) is 0 Å². The molecular formula is C18H23. The molecule has 0 aliphatic heterocycles. The Labute approximate surface area is 111 Å². The zero-order chi connectivity index (χ0) is 12.8. The Morgan fingerprint density at radius 2 is 1.78 bits per heavy atom. The van der Waals surface area contributed by atoms with Crippen LogP contribution in [0, 0.1) is 6.92 Å². The molecule has 18 heavy (non-hydrogen) atoms. The van der Waals surface area contributed by atoms with E-state index in [1.807, 2.05) is 0 Å². The number of unbranched alkanes of at least 4 members (excludes halogenated alkanes) is 1. The minimum Gasteiger partial charge on any atom is -0.0654 e. The van der Waals surface area contributed by atoms with E-state index in [0.717, 1.165) is 6.42 Å². The smallest absolute Gasteiger partial charge is 0.0149 e. The Morgan fingerprint density at radius 3 is 2.56 bits per heavy atom. The fraction of sp³-hybridized carbons (Fsp3) is 0.389. The third kappa shape index (κ3) is 2.93. The summed E-state index contributed by atoms with van der Waals surface area (Å²) in [5.74, 6) is 0.697. The summed E-state index contributed by atoms with van der Waals surface area (Å²) >= 11 is 0. The second-order valence-corrected chi connectivity index (χ2v) is 5.05. The maximum atomic E-state index is 3.97. The van der Waals surface area contributed by atoms with Crippen LogP contribution in [-0.4, -0.2) is 0 Å². The van der Waals surface area contributed by atoms with E-state index in [0.29, 0.717) is 5.92 Å². The largest absolute Gasteiger partial charge is 0.0654 e. The van der Waals surface area contributed by atoms with E-state index >= 15 is 0 Å². The van der Waals surface area contributed by atoms with Crippen molar-refractivity contribution in [1.82, 2.24) is 0 Å². The number of fused-ring (bicyclic) bond motifs is 1. The van der Waals surface area contributed by atoms with Gasteiger partial charge in [0.15, 0.2) is 0 Å². The molecule has 0 heteroatoms. The van der Waals surface area contributed by atoms with Crippen molar-refractivity contribution in [3.05, 3.63) is 55.0 Å². The normalized spacial score (nSPS) is 12.8. The lowest BCUT2D eigenvalue weighted by Crippen LogP contribution is -1.99. The van der Waals surface area contributed by atoms with E-state index in [4.69, 9.17) is 0 Å². The highest BCUT2D eigenvalue weighted by atomic mass is 14.2. The summed E-state index contributed by atoms with van der Waals surface area (Å²) in [4.78, 5) is 0. The molecule has 0 amide bonds. The van der Waals surface area contributed by atoms with Crippen molar-refractivity contribution in [3.63, 3.8) is 0 Å². The number of hydrogen-bond donors (Lipinski definition) is 0. The Balaban J connectivity index is 2.36. The molecule has 2 rings (SSSR count). The molecule has 0 aliphatic rings. The van der Waals surface area contributed by atoms with Crippen LogP contribution in [0.5, 0.6) is 0 Å². The quantitative estimate of drug-likeness (QED) is 0.604. The Hall–Kier alpha value is -1.30. The first-order chi connectivity index (χ1) is 8.86. The fourth-order valence-corrected chi connectivity index (χ4v) is 2.80. The molecule has 0 bridgehead atoms. The van der Waals surface area contributed by atoms with Crippen LogP contribution in [-0.2, 0) is 0 Å². The van der Waals surface area contributed by atoms with Crippen molar-refractivity contribution >= 4 is 10.8 Å². The maximum absolute atomic E-state index is 3.97. The third-order valence-corrected chi connectivity index (χ3v) is 3.70. The van der Waals surface area contributed by atoms with Crippen LogP contribution >= 0.6 is 0 Å². The highest BCUT2D eigenvalue weighted by molar-refractivity contribution is 5.86. The van der Waals surface area contributed by atoms with Crippen molar-refractivity contribution in [2.45, 2.75) is 44.9 Å². The van der Waals surface area contributed by atoms with Crippen LogP contribution in [0.15, 0.2) is 42.5 Å². The van der Waals surface area contributed by atoms with E-state index in [-0.39, 0.29) is 0 Å². The first-order valence-electron chi connectivity index (χ1n) is 7.13. The van der Waals surface area contributed by atoms with Crippen molar-refractivity contribution in [2.75, 3.05) is 0 Å². The average Bonchev–Trinajstić information content (AvgIpc) is 2.43. The molecule has 1 atom stereocenters. The summed E-state index contributed by atoms with van der Waals surface area (Å²) in [5, 5.41) is 2.80. The summed E-state index contributed by atoms with van der Waals surface area (Å²) in [5.41, 5.74) is 1.53. The van der Waals surface area contributed by atoms with E-state index in [2.05, 4.69) is 56.3 Å². The maximum Gasteiger partial charge on any atom is -0.0149 e. The first kappa shape index (κ1) is 13.1. The van der Waals surface area contributed by atoms with E-state index in [1.165, 1.54) is 42.0 Å². The van der Waals surface area contributed by atoms with Gasteiger partial charge in [-0.05, 0) is 35.1 Å². The molecule has 0 heterocycles. The van der Waals surface area contributed by atoms with Crippen LogP contribution in [0.1, 0.15) is 50.5 Å². The zero-order valence-corrected chi connectivity index (χ0v) is 11.4. The second-order valence-electron chi connectivity index (χ2n) is 5.05. The third-order valence-electron chi connectivity index (χ3n) is 3.70. The predicted molar refractivity (Wildman–Crippen MR) is 80.8 cm³/mol.